The van der Waals surface area contributed by atoms with E-state index in [-0.39, 0.29) is 12.6 Å². The first-order valence-electron chi connectivity index (χ1n) is 8.45. The van der Waals surface area contributed by atoms with Gasteiger partial charge in [-0.1, -0.05) is 23.7 Å². The normalized spacial score (nSPS) is 16.9. The summed E-state index contributed by atoms with van der Waals surface area (Å²) in [4.78, 5) is 16.1. The first-order valence-corrected chi connectivity index (χ1v) is 8.83. The summed E-state index contributed by atoms with van der Waals surface area (Å²) in [7, 11) is 3.68. The van der Waals surface area contributed by atoms with Crippen LogP contribution in [-0.2, 0) is 4.74 Å². The van der Waals surface area contributed by atoms with E-state index < -0.39 is 17.7 Å². The number of halogens is 3. The van der Waals surface area contributed by atoms with E-state index in [2.05, 4.69) is 5.32 Å². The fraction of sp³-hybridized carbons (Fsp3) is 0.316. The Morgan fingerprint density at radius 3 is 2.74 bits per heavy atom. The number of nitrogens with one attached hydrogen (secondary N) is 1. The van der Waals surface area contributed by atoms with E-state index in [0.717, 1.165) is 12.1 Å². The van der Waals surface area contributed by atoms with Crippen molar-refractivity contribution in [1.82, 2.24) is 4.90 Å². The second-order valence-corrected chi connectivity index (χ2v) is 6.85. The third kappa shape index (κ3) is 4.31. The molecule has 2 aromatic carbocycles. The molecule has 1 aliphatic heterocycles. The zero-order valence-electron chi connectivity index (χ0n) is 15.0. The minimum Gasteiger partial charge on any atom is -0.375 e. The smallest absolute Gasteiger partial charge is 0.322 e. The molecule has 1 atom stereocenters. The Morgan fingerprint density at radius 1 is 1.26 bits per heavy atom. The lowest BCUT2D eigenvalue weighted by atomic mass is 10.1. The molecule has 0 aromatic heterocycles. The van der Waals surface area contributed by atoms with Crippen LogP contribution in [0.25, 0.3) is 0 Å². The highest BCUT2D eigenvalue weighted by Gasteiger charge is 2.26. The summed E-state index contributed by atoms with van der Waals surface area (Å²) in [5.41, 5.74) is 1.79. The van der Waals surface area contributed by atoms with Crippen LogP contribution in [0.5, 0.6) is 0 Å². The monoisotopic (exact) mass is 395 g/mol. The van der Waals surface area contributed by atoms with Crippen molar-refractivity contribution < 1.29 is 18.3 Å². The molecule has 1 aliphatic rings. The molecule has 8 heteroatoms. The van der Waals surface area contributed by atoms with Crippen molar-refractivity contribution >= 4 is 29.0 Å². The van der Waals surface area contributed by atoms with Gasteiger partial charge in [0.15, 0.2) is 11.6 Å². The van der Waals surface area contributed by atoms with Crippen LogP contribution in [0.3, 0.4) is 0 Å². The minimum atomic E-state index is -0.938. The highest BCUT2D eigenvalue weighted by Crippen LogP contribution is 2.33. The van der Waals surface area contributed by atoms with E-state index in [9.17, 15) is 13.6 Å². The number of ether oxygens (including phenoxy) is 1. The molecule has 2 amide bonds. The van der Waals surface area contributed by atoms with Crippen LogP contribution in [-0.4, -0.2) is 44.7 Å². The van der Waals surface area contributed by atoms with E-state index in [1.165, 1.54) is 6.07 Å². The van der Waals surface area contributed by atoms with Crippen molar-refractivity contribution in [2.45, 2.75) is 6.10 Å². The third-order valence-electron chi connectivity index (χ3n) is 4.34. The van der Waals surface area contributed by atoms with E-state index in [4.69, 9.17) is 16.3 Å². The Morgan fingerprint density at radius 2 is 2.04 bits per heavy atom. The van der Waals surface area contributed by atoms with E-state index >= 15 is 0 Å². The lowest BCUT2D eigenvalue weighted by Crippen LogP contribution is -2.44. The van der Waals surface area contributed by atoms with Crippen LogP contribution in [0, 0.1) is 11.6 Å². The molecule has 0 aliphatic carbocycles. The molecule has 2 aromatic rings. The van der Waals surface area contributed by atoms with Gasteiger partial charge >= 0.3 is 6.03 Å². The number of para-hydroxylation sites is 1. The van der Waals surface area contributed by atoms with Crippen molar-refractivity contribution in [2.75, 3.05) is 44.0 Å². The number of hydrogen-bond acceptors (Lipinski definition) is 3. The first kappa shape index (κ1) is 19.4. The largest absolute Gasteiger partial charge is 0.375 e. The number of anilines is 2. The van der Waals surface area contributed by atoms with Gasteiger partial charge in [-0.3, -0.25) is 0 Å². The second-order valence-electron chi connectivity index (χ2n) is 6.44. The van der Waals surface area contributed by atoms with Crippen LogP contribution in [0.2, 0.25) is 5.02 Å². The fourth-order valence-corrected chi connectivity index (χ4v) is 3.36. The summed E-state index contributed by atoms with van der Waals surface area (Å²) in [5.74, 6) is -1.85. The van der Waals surface area contributed by atoms with Gasteiger partial charge in [-0.15, -0.1) is 0 Å². The standard InChI is InChI=1S/C19H20ClF2N3O2/c1-24(2)18-13(20)4-3-5-16(18)23-19(26)25-8-9-27-17(11-25)12-6-7-14(21)15(22)10-12/h3-7,10,17H,8-9,11H2,1-2H3,(H,23,26). The number of amides is 2. The Hall–Kier alpha value is -2.38. The van der Waals surface area contributed by atoms with Gasteiger partial charge in [-0.2, -0.15) is 0 Å². The number of benzene rings is 2. The van der Waals surface area contributed by atoms with Gasteiger partial charge < -0.3 is 19.9 Å². The SMILES string of the molecule is CN(C)c1c(Cl)cccc1NC(=O)N1CCOC(c2ccc(F)c(F)c2)C1. The first-order chi connectivity index (χ1) is 12.9. The predicted octanol–water partition coefficient (Wildman–Crippen LogP) is 4.29. The van der Waals surface area contributed by atoms with Crippen molar-refractivity contribution in [3.05, 3.63) is 58.6 Å². The molecule has 1 saturated heterocycles. The summed E-state index contributed by atoms with van der Waals surface area (Å²) in [6.45, 7) is 0.922. The second kappa shape index (κ2) is 8.10. The summed E-state index contributed by atoms with van der Waals surface area (Å²) in [5, 5.41) is 3.39. The maximum Gasteiger partial charge on any atom is 0.322 e. The summed E-state index contributed by atoms with van der Waals surface area (Å²) in [6.07, 6.45) is -0.521. The zero-order chi connectivity index (χ0) is 19.6. The molecule has 3 rings (SSSR count). The molecule has 1 fully saturated rings. The van der Waals surface area contributed by atoms with E-state index in [1.807, 2.05) is 19.0 Å². The van der Waals surface area contributed by atoms with Crippen molar-refractivity contribution in [2.24, 2.45) is 0 Å². The van der Waals surface area contributed by atoms with Gasteiger partial charge in [0.2, 0.25) is 0 Å². The zero-order valence-corrected chi connectivity index (χ0v) is 15.8. The highest BCUT2D eigenvalue weighted by molar-refractivity contribution is 6.34. The van der Waals surface area contributed by atoms with Gasteiger partial charge in [0, 0.05) is 20.6 Å². The van der Waals surface area contributed by atoms with Gasteiger partial charge in [-0.25, -0.2) is 13.6 Å². The maximum absolute atomic E-state index is 13.5. The van der Waals surface area contributed by atoms with Crippen LogP contribution in [0.15, 0.2) is 36.4 Å². The quantitative estimate of drug-likeness (QED) is 0.843. The summed E-state index contributed by atoms with van der Waals surface area (Å²) in [6, 6.07) is 8.59. The van der Waals surface area contributed by atoms with E-state index in [0.29, 0.717) is 35.1 Å². The van der Waals surface area contributed by atoms with Gasteiger partial charge in [0.1, 0.15) is 6.10 Å². The minimum absolute atomic E-state index is 0.231. The number of rotatable bonds is 3. The molecule has 1 N–H and O–H groups in total. The molecule has 1 heterocycles. The number of carbonyl (C=O) groups is 1. The van der Waals surface area contributed by atoms with Crippen LogP contribution in [0.1, 0.15) is 11.7 Å². The van der Waals surface area contributed by atoms with Gasteiger partial charge in [0.05, 0.1) is 29.5 Å². The molecule has 0 saturated carbocycles. The number of hydrogen-bond donors (Lipinski definition) is 1. The topological polar surface area (TPSA) is 44.8 Å². The summed E-state index contributed by atoms with van der Waals surface area (Å²) < 4.78 is 32.3. The Bertz CT molecular complexity index is 848. The average Bonchev–Trinajstić information content (AvgIpc) is 2.64. The highest BCUT2D eigenvalue weighted by atomic mass is 35.5. The molecule has 1 unspecified atom stereocenters. The average molecular weight is 396 g/mol. The van der Waals surface area contributed by atoms with Crippen molar-refractivity contribution in [3.63, 3.8) is 0 Å². The van der Waals surface area contributed by atoms with E-state index in [1.54, 1.807) is 23.1 Å². The number of nitrogens with zero attached hydrogens (tertiary/aromatic N) is 2. The Balaban J connectivity index is 1.74. The van der Waals surface area contributed by atoms with Crippen LogP contribution >= 0.6 is 11.6 Å². The van der Waals surface area contributed by atoms with Crippen molar-refractivity contribution in [1.29, 1.82) is 0 Å². The number of urea groups is 1. The molecular formula is C19H20ClF2N3O2. The number of morpholine rings is 1. The molecule has 0 radical (unpaired) electrons. The van der Waals surface area contributed by atoms with Crippen LogP contribution in [0.4, 0.5) is 25.0 Å². The summed E-state index contributed by atoms with van der Waals surface area (Å²) >= 11 is 6.23. The predicted molar refractivity (Wildman–Crippen MR) is 101 cm³/mol. The lowest BCUT2D eigenvalue weighted by Gasteiger charge is -2.33. The third-order valence-corrected chi connectivity index (χ3v) is 4.65. The maximum atomic E-state index is 13.5. The number of carbonyl (C=O) groups excluding carboxylic acids is 1. The molecule has 0 spiro atoms. The molecule has 144 valence electrons. The molecule has 5 nitrogen and oxygen atoms in total. The van der Waals surface area contributed by atoms with Gasteiger partial charge in [0.25, 0.3) is 0 Å². The van der Waals surface area contributed by atoms with Crippen LogP contribution < -0.4 is 10.2 Å². The van der Waals surface area contributed by atoms with Crippen molar-refractivity contribution in [3.8, 4) is 0 Å². The molecule has 27 heavy (non-hydrogen) atoms. The molecule has 0 bridgehead atoms. The Kier molecular flexibility index (Phi) is 5.82. The molecular weight excluding hydrogens is 376 g/mol. The fourth-order valence-electron chi connectivity index (χ4n) is 3.01. The van der Waals surface area contributed by atoms with Gasteiger partial charge in [-0.05, 0) is 29.8 Å². The Labute approximate surface area is 161 Å². The lowest BCUT2D eigenvalue weighted by molar-refractivity contribution is -0.0136.